The predicted octanol–water partition coefficient (Wildman–Crippen LogP) is 3.68. The maximum Gasteiger partial charge on any atom is 0.255 e. The molecule has 0 unspecified atom stereocenters. The Morgan fingerprint density at radius 1 is 1.40 bits per heavy atom. The van der Waals surface area contributed by atoms with Gasteiger partial charge >= 0.3 is 0 Å². The van der Waals surface area contributed by atoms with Crippen molar-refractivity contribution in [2.75, 3.05) is 18.9 Å². The smallest absolute Gasteiger partial charge is 0.255 e. The molecule has 0 aliphatic rings. The van der Waals surface area contributed by atoms with Crippen LogP contribution in [0.4, 0.5) is 5.82 Å². The van der Waals surface area contributed by atoms with E-state index in [9.17, 15) is 4.79 Å². The van der Waals surface area contributed by atoms with Gasteiger partial charge in [-0.3, -0.25) is 4.79 Å². The molecular formula is C13H13Br2N3OS. The number of pyridine rings is 1. The molecule has 2 N–H and O–H groups in total. The van der Waals surface area contributed by atoms with E-state index < -0.39 is 0 Å². The number of carbonyl (C=O) groups is 1. The predicted molar refractivity (Wildman–Crippen MR) is 89.5 cm³/mol. The second-order valence-electron chi connectivity index (χ2n) is 4.01. The summed E-state index contributed by atoms with van der Waals surface area (Å²) in [5, 5.41) is 5.83. The molecule has 0 saturated carbocycles. The van der Waals surface area contributed by atoms with Gasteiger partial charge in [0.25, 0.3) is 5.91 Å². The third kappa shape index (κ3) is 4.04. The molecule has 0 aliphatic heterocycles. The molecule has 0 saturated heterocycles. The zero-order valence-corrected chi connectivity index (χ0v) is 14.7. The molecule has 4 nitrogen and oxygen atoms in total. The summed E-state index contributed by atoms with van der Waals surface area (Å²) >= 11 is 8.43. The van der Waals surface area contributed by atoms with Crippen molar-refractivity contribution in [1.29, 1.82) is 0 Å². The van der Waals surface area contributed by atoms with Crippen molar-refractivity contribution in [2.24, 2.45) is 0 Å². The number of anilines is 1. The number of thiophene rings is 1. The van der Waals surface area contributed by atoms with Crippen molar-refractivity contribution < 1.29 is 4.79 Å². The molecule has 0 radical (unpaired) electrons. The summed E-state index contributed by atoms with van der Waals surface area (Å²) in [6, 6.07) is 5.83. The van der Waals surface area contributed by atoms with E-state index in [-0.39, 0.29) is 5.91 Å². The Morgan fingerprint density at radius 2 is 2.20 bits per heavy atom. The molecule has 2 aromatic rings. The minimum Gasteiger partial charge on any atom is -0.372 e. The lowest BCUT2D eigenvalue weighted by Gasteiger charge is -2.09. The Morgan fingerprint density at radius 3 is 2.85 bits per heavy atom. The van der Waals surface area contributed by atoms with Gasteiger partial charge in [-0.15, -0.1) is 11.3 Å². The van der Waals surface area contributed by atoms with E-state index in [4.69, 9.17) is 0 Å². The Labute approximate surface area is 138 Å². The van der Waals surface area contributed by atoms with Gasteiger partial charge in [0.2, 0.25) is 0 Å². The SMILES string of the molecule is CNc1ncc(Br)cc1C(=O)NCCc1ccc(Br)s1. The number of hydrogen-bond donors (Lipinski definition) is 2. The monoisotopic (exact) mass is 417 g/mol. The van der Waals surface area contributed by atoms with E-state index in [0.29, 0.717) is 17.9 Å². The molecule has 1 amide bonds. The Hall–Kier alpha value is -0.920. The summed E-state index contributed by atoms with van der Waals surface area (Å²) in [6.07, 6.45) is 2.48. The molecule has 0 aliphatic carbocycles. The largest absolute Gasteiger partial charge is 0.372 e. The average molecular weight is 419 g/mol. The molecule has 0 spiro atoms. The summed E-state index contributed by atoms with van der Waals surface area (Å²) in [5.41, 5.74) is 0.536. The summed E-state index contributed by atoms with van der Waals surface area (Å²) in [6.45, 7) is 0.599. The van der Waals surface area contributed by atoms with Gasteiger partial charge in [0.05, 0.1) is 9.35 Å². The lowest BCUT2D eigenvalue weighted by Crippen LogP contribution is -2.26. The molecule has 0 aromatic carbocycles. The first-order valence-corrected chi connectivity index (χ1v) is 8.36. The fourth-order valence-corrected chi connectivity index (χ4v) is 3.51. The molecule has 20 heavy (non-hydrogen) atoms. The van der Waals surface area contributed by atoms with Gasteiger partial charge < -0.3 is 10.6 Å². The van der Waals surface area contributed by atoms with E-state index in [2.05, 4.69) is 53.5 Å². The average Bonchev–Trinajstić information content (AvgIpc) is 2.84. The second-order valence-corrected chi connectivity index (χ2v) is 7.47. The van der Waals surface area contributed by atoms with Crippen LogP contribution >= 0.6 is 43.2 Å². The molecular weight excluding hydrogens is 406 g/mol. The van der Waals surface area contributed by atoms with Gasteiger partial charge in [0.1, 0.15) is 5.82 Å². The van der Waals surface area contributed by atoms with E-state index in [0.717, 1.165) is 14.7 Å². The van der Waals surface area contributed by atoms with Gasteiger partial charge in [0, 0.05) is 29.1 Å². The molecule has 2 rings (SSSR count). The van der Waals surface area contributed by atoms with Crippen LogP contribution < -0.4 is 10.6 Å². The number of amides is 1. The van der Waals surface area contributed by atoms with Crippen LogP contribution in [0.2, 0.25) is 0 Å². The lowest BCUT2D eigenvalue weighted by molar-refractivity contribution is 0.0954. The van der Waals surface area contributed by atoms with Gasteiger partial charge in [-0.1, -0.05) is 0 Å². The van der Waals surface area contributed by atoms with Crippen LogP contribution in [0.15, 0.2) is 32.7 Å². The number of halogens is 2. The lowest BCUT2D eigenvalue weighted by atomic mass is 10.2. The molecule has 0 fully saturated rings. The summed E-state index contributed by atoms with van der Waals surface area (Å²) in [4.78, 5) is 17.6. The van der Waals surface area contributed by atoms with Crippen molar-refractivity contribution in [1.82, 2.24) is 10.3 Å². The van der Waals surface area contributed by atoms with Crippen LogP contribution in [-0.2, 0) is 6.42 Å². The van der Waals surface area contributed by atoms with Gasteiger partial charge in [-0.2, -0.15) is 0 Å². The minimum atomic E-state index is -0.126. The van der Waals surface area contributed by atoms with E-state index in [1.54, 1.807) is 30.6 Å². The van der Waals surface area contributed by atoms with Crippen LogP contribution in [0.25, 0.3) is 0 Å². The van der Waals surface area contributed by atoms with Crippen LogP contribution in [0.1, 0.15) is 15.2 Å². The first-order valence-electron chi connectivity index (χ1n) is 5.96. The number of hydrogen-bond acceptors (Lipinski definition) is 4. The molecule has 0 atom stereocenters. The molecule has 7 heteroatoms. The molecule has 106 valence electrons. The highest BCUT2D eigenvalue weighted by molar-refractivity contribution is 9.11. The fraction of sp³-hybridized carbons (Fsp3) is 0.231. The highest BCUT2D eigenvalue weighted by atomic mass is 79.9. The van der Waals surface area contributed by atoms with Crippen LogP contribution in [0.5, 0.6) is 0 Å². The number of nitrogens with zero attached hydrogens (tertiary/aromatic N) is 1. The number of nitrogens with one attached hydrogen (secondary N) is 2. The number of carbonyl (C=O) groups excluding carboxylic acids is 1. The Kier molecular flexibility index (Phi) is 5.56. The Balaban J connectivity index is 1.96. The van der Waals surface area contributed by atoms with Crippen LogP contribution in [-0.4, -0.2) is 24.5 Å². The van der Waals surface area contributed by atoms with Gasteiger partial charge in [-0.05, 0) is 56.5 Å². The highest BCUT2D eigenvalue weighted by Gasteiger charge is 2.12. The van der Waals surface area contributed by atoms with Crippen molar-refractivity contribution in [3.63, 3.8) is 0 Å². The first kappa shape index (κ1) is 15.5. The molecule has 2 heterocycles. The van der Waals surface area contributed by atoms with E-state index >= 15 is 0 Å². The first-order chi connectivity index (χ1) is 9.60. The van der Waals surface area contributed by atoms with E-state index in [1.165, 1.54) is 4.88 Å². The Bertz CT molecular complexity index is 615. The molecule has 0 bridgehead atoms. The molecule has 2 aromatic heterocycles. The fourth-order valence-electron chi connectivity index (χ4n) is 1.69. The topological polar surface area (TPSA) is 54.0 Å². The summed E-state index contributed by atoms with van der Waals surface area (Å²) < 4.78 is 1.89. The third-order valence-electron chi connectivity index (χ3n) is 2.62. The van der Waals surface area contributed by atoms with Crippen LogP contribution in [0.3, 0.4) is 0 Å². The van der Waals surface area contributed by atoms with Crippen molar-refractivity contribution >= 4 is 54.9 Å². The quantitative estimate of drug-likeness (QED) is 0.778. The van der Waals surface area contributed by atoms with Gasteiger partial charge in [-0.25, -0.2) is 4.98 Å². The normalized spacial score (nSPS) is 10.3. The van der Waals surface area contributed by atoms with Crippen molar-refractivity contribution in [2.45, 2.75) is 6.42 Å². The summed E-state index contributed by atoms with van der Waals surface area (Å²) in [5.74, 6) is 0.448. The minimum absolute atomic E-state index is 0.126. The third-order valence-corrected chi connectivity index (χ3v) is 4.74. The van der Waals surface area contributed by atoms with Crippen molar-refractivity contribution in [3.05, 3.63) is 43.1 Å². The highest BCUT2D eigenvalue weighted by Crippen LogP contribution is 2.22. The standard InChI is InChI=1S/C13H13Br2N3OS/c1-16-12-10(6-8(14)7-18-12)13(19)17-5-4-9-2-3-11(15)20-9/h2-3,6-7H,4-5H2,1H3,(H,16,18)(H,17,19). The zero-order chi connectivity index (χ0) is 14.5. The van der Waals surface area contributed by atoms with E-state index in [1.807, 2.05) is 6.07 Å². The van der Waals surface area contributed by atoms with Crippen LogP contribution in [0, 0.1) is 0 Å². The van der Waals surface area contributed by atoms with Gasteiger partial charge in [0.15, 0.2) is 0 Å². The van der Waals surface area contributed by atoms with Crippen molar-refractivity contribution in [3.8, 4) is 0 Å². The maximum atomic E-state index is 12.2. The maximum absolute atomic E-state index is 12.2. The number of rotatable bonds is 5. The second kappa shape index (κ2) is 7.19. The summed E-state index contributed by atoms with van der Waals surface area (Å²) in [7, 11) is 1.75. The zero-order valence-electron chi connectivity index (χ0n) is 10.7. The number of aromatic nitrogens is 1.